The number of sulfonamides is 1. The third-order valence-electron chi connectivity index (χ3n) is 3.68. The monoisotopic (exact) mass is 329 g/mol. The van der Waals surface area contributed by atoms with E-state index in [1.54, 1.807) is 30.3 Å². The molecule has 5 nitrogen and oxygen atoms in total. The number of rotatable bonds is 3. The van der Waals surface area contributed by atoms with Crippen LogP contribution < -0.4 is 5.32 Å². The molecular formula is C17H19N3O2S. The van der Waals surface area contributed by atoms with Gasteiger partial charge in [0.2, 0.25) is 5.96 Å². The maximum atomic E-state index is 12.5. The Kier molecular flexibility index (Phi) is 4.62. The van der Waals surface area contributed by atoms with E-state index in [0.29, 0.717) is 5.96 Å². The molecule has 2 aromatic rings. The number of benzene rings is 2. The number of para-hydroxylation sites is 1. The molecule has 23 heavy (non-hydrogen) atoms. The van der Waals surface area contributed by atoms with Crippen molar-refractivity contribution in [1.82, 2.24) is 4.90 Å². The van der Waals surface area contributed by atoms with Gasteiger partial charge >= 0.3 is 0 Å². The zero-order chi connectivity index (χ0) is 16.1. The van der Waals surface area contributed by atoms with Crippen LogP contribution in [0.25, 0.3) is 0 Å². The maximum Gasteiger partial charge on any atom is 0.285 e. The zero-order valence-electron chi connectivity index (χ0n) is 12.7. The SMILES string of the molecule is O=S(=O)(/N=C(/Nc1ccccc1)N1CCCC1)c1ccccc1. The first-order chi connectivity index (χ1) is 11.1. The van der Waals surface area contributed by atoms with Crippen molar-refractivity contribution in [3.8, 4) is 0 Å². The van der Waals surface area contributed by atoms with Crippen LogP contribution in [0.15, 0.2) is 70.0 Å². The van der Waals surface area contributed by atoms with E-state index in [4.69, 9.17) is 0 Å². The first-order valence-electron chi connectivity index (χ1n) is 7.62. The van der Waals surface area contributed by atoms with Gasteiger partial charge in [-0.2, -0.15) is 8.42 Å². The van der Waals surface area contributed by atoms with Crippen molar-refractivity contribution in [2.24, 2.45) is 4.40 Å². The van der Waals surface area contributed by atoms with E-state index < -0.39 is 10.0 Å². The van der Waals surface area contributed by atoms with Crippen molar-refractivity contribution < 1.29 is 8.42 Å². The van der Waals surface area contributed by atoms with Gasteiger partial charge in [0.05, 0.1) is 4.90 Å². The molecule has 0 spiro atoms. The van der Waals surface area contributed by atoms with Gasteiger partial charge in [-0.25, -0.2) is 0 Å². The average molecular weight is 329 g/mol. The number of nitrogens with one attached hydrogen (secondary N) is 1. The molecule has 120 valence electrons. The van der Waals surface area contributed by atoms with Crippen LogP contribution in [0.3, 0.4) is 0 Å². The van der Waals surface area contributed by atoms with Crippen LogP contribution in [0, 0.1) is 0 Å². The van der Waals surface area contributed by atoms with E-state index >= 15 is 0 Å². The standard InChI is InChI=1S/C17H19N3O2S/c21-23(22,16-11-5-2-6-12-16)19-17(20-13-7-8-14-20)18-15-9-3-1-4-10-15/h1-6,9-12H,7-8,13-14H2,(H,18,19). The molecule has 1 aliphatic rings. The van der Waals surface area contributed by atoms with Crippen molar-refractivity contribution in [1.29, 1.82) is 0 Å². The predicted molar refractivity (Wildman–Crippen MR) is 91.9 cm³/mol. The largest absolute Gasteiger partial charge is 0.342 e. The summed E-state index contributed by atoms with van der Waals surface area (Å²) in [6.45, 7) is 1.62. The summed E-state index contributed by atoms with van der Waals surface area (Å²) in [5.41, 5.74) is 0.821. The normalized spacial score (nSPS) is 15.7. The summed E-state index contributed by atoms with van der Waals surface area (Å²) in [6, 6.07) is 17.8. The average Bonchev–Trinajstić information content (AvgIpc) is 3.10. The van der Waals surface area contributed by atoms with Crippen LogP contribution in [-0.2, 0) is 10.0 Å². The van der Waals surface area contributed by atoms with Gasteiger partial charge in [-0.15, -0.1) is 4.40 Å². The summed E-state index contributed by atoms with van der Waals surface area (Å²) in [6.07, 6.45) is 2.09. The van der Waals surface area contributed by atoms with Crippen LogP contribution in [0.4, 0.5) is 5.69 Å². The van der Waals surface area contributed by atoms with E-state index in [-0.39, 0.29) is 4.90 Å². The van der Waals surface area contributed by atoms with Crippen LogP contribution in [0.2, 0.25) is 0 Å². The first kappa shape index (κ1) is 15.6. The van der Waals surface area contributed by atoms with Crippen molar-refractivity contribution in [3.05, 3.63) is 60.7 Å². The quantitative estimate of drug-likeness (QED) is 0.695. The summed E-state index contributed by atoms with van der Waals surface area (Å²) in [5.74, 6) is 0.387. The van der Waals surface area contributed by atoms with Crippen molar-refractivity contribution in [2.75, 3.05) is 18.4 Å². The molecule has 0 bridgehead atoms. The Balaban J connectivity index is 1.94. The molecule has 0 unspecified atom stereocenters. The lowest BCUT2D eigenvalue weighted by atomic mass is 10.3. The summed E-state index contributed by atoms with van der Waals surface area (Å²) in [7, 11) is -3.73. The number of anilines is 1. The van der Waals surface area contributed by atoms with Crippen molar-refractivity contribution in [2.45, 2.75) is 17.7 Å². The highest BCUT2D eigenvalue weighted by Crippen LogP contribution is 2.16. The first-order valence-corrected chi connectivity index (χ1v) is 9.06. The Morgan fingerprint density at radius 1 is 0.913 bits per heavy atom. The number of hydrogen-bond acceptors (Lipinski definition) is 2. The smallest absolute Gasteiger partial charge is 0.285 e. The maximum absolute atomic E-state index is 12.5. The van der Waals surface area contributed by atoms with E-state index in [9.17, 15) is 8.42 Å². The Morgan fingerprint density at radius 3 is 2.09 bits per heavy atom. The minimum Gasteiger partial charge on any atom is -0.342 e. The summed E-state index contributed by atoms with van der Waals surface area (Å²) >= 11 is 0. The molecule has 1 heterocycles. The molecule has 2 aromatic carbocycles. The molecule has 1 aliphatic heterocycles. The second-order valence-corrected chi connectivity index (χ2v) is 6.99. The molecule has 3 rings (SSSR count). The Hall–Kier alpha value is -2.34. The van der Waals surface area contributed by atoms with Gasteiger partial charge in [0, 0.05) is 18.8 Å². The Morgan fingerprint density at radius 2 is 1.48 bits per heavy atom. The molecule has 0 aromatic heterocycles. The minimum absolute atomic E-state index is 0.201. The molecule has 0 atom stereocenters. The van der Waals surface area contributed by atoms with E-state index in [0.717, 1.165) is 31.6 Å². The summed E-state index contributed by atoms with van der Waals surface area (Å²) in [5, 5.41) is 3.14. The highest BCUT2D eigenvalue weighted by molar-refractivity contribution is 7.90. The predicted octanol–water partition coefficient (Wildman–Crippen LogP) is 2.94. The molecule has 0 saturated carbocycles. The van der Waals surface area contributed by atoms with Gasteiger partial charge in [-0.1, -0.05) is 36.4 Å². The highest BCUT2D eigenvalue weighted by atomic mass is 32.2. The lowest BCUT2D eigenvalue weighted by molar-refractivity contribution is 0.517. The van der Waals surface area contributed by atoms with Crippen LogP contribution in [0.5, 0.6) is 0 Å². The molecule has 0 radical (unpaired) electrons. The molecular weight excluding hydrogens is 310 g/mol. The topological polar surface area (TPSA) is 61.8 Å². The fraction of sp³-hybridized carbons (Fsp3) is 0.235. The molecule has 6 heteroatoms. The van der Waals surface area contributed by atoms with Crippen LogP contribution in [-0.4, -0.2) is 32.4 Å². The molecule has 1 saturated heterocycles. The van der Waals surface area contributed by atoms with Gasteiger partial charge in [0.15, 0.2) is 0 Å². The van der Waals surface area contributed by atoms with E-state index in [1.165, 1.54) is 0 Å². The molecule has 1 N–H and O–H groups in total. The van der Waals surface area contributed by atoms with Gasteiger partial charge in [-0.3, -0.25) is 0 Å². The molecule has 1 fully saturated rings. The van der Waals surface area contributed by atoms with Gasteiger partial charge in [0.25, 0.3) is 10.0 Å². The second kappa shape index (κ2) is 6.83. The second-order valence-electron chi connectivity index (χ2n) is 5.39. The lowest BCUT2D eigenvalue weighted by Crippen LogP contribution is -2.34. The van der Waals surface area contributed by atoms with Crippen LogP contribution in [0.1, 0.15) is 12.8 Å². The van der Waals surface area contributed by atoms with Gasteiger partial charge in [0.1, 0.15) is 0 Å². The Bertz CT molecular complexity index is 768. The third-order valence-corrected chi connectivity index (χ3v) is 4.96. The minimum atomic E-state index is -3.73. The number of hydrogen-bond donors (Lipinski definition) is 1. The fourth-order valence-corrected chi connectivity index (χ4v) is 3.49. The van der Waals surface area contributed by atoms with E-state index in [1.807, 2.05) is 35.2 Å². The van der Waals surface area contributed by atoms with Crippen LogP contribution >= 0.6 is 0 Å². The van der Waals surface area contributed by atoms with Gasteiger partial charge < -0.3 is 10.2 Å². The van der Waals surface area contributed by atoms with Crippen molar-refractivity contribution >= 4 is 21.7 Å². The Labute approximate surface area is 136 Å². The van der Waals surface area contributed by atoms with Crippen molar-refractivity contribution in [3.63, 3.8) is 0 Å². The fourth-order valence-electron chi connectivity index (χ4n) is 2.50. The summed E-state index contributed by atoms with van der Waals surface area (Å²) in [4.78, 5) is 2.18. The number of nitrogens with zero attached hydrogens (tertiary/aromatic N) is 2. The lowest BCUT2D eigenvalue weighted by Gasteiger charge is -2.21. The van der Waals surface area contributed by atoms with E-state index in [2.05, 4.69) is 9.71 Å². The number of likely N-dealkylation sites (tertiary alicyclic amines) is 1. The molecule has 0 aliphatic carbocycles. The zero-order valence-corrected chi connectivity index (χ0v) is 13.5. The molecule has 0 amide bonds. The third kappa shape index (κ3) is 3.90. The summed E-state index contributed by atoms with van der Waals surface area (Å²) < 4.78 is 29.1. The number of guanidine groups is 1. The van der Waals surface area contributed by atoms with Gasteiger partial charge in [-0.05, 0) is 37.1 Å². The highest BCUT2D eigenvalue weighted by Gasteiger charge is 2.21.